The molecule has 1 atom stereocenters. The molecule has 1 N–H and O–H groups in total. The quantitative estimate of drug-likeness (QED) is 0.861. The van der Waals surface area contributed by atoms with Gasteiger partial charge in [0.2, 0.25) is 0 Å². The molecule has 1 aromatic heterocycles. The van der Waals surface area contributed by atoms with E-state index < -0.39 is 0 Å². The highest BCUT2D eigenvalue weighted by Crippen LogP contribution is 2.24. The van der Waals surface area contributed by atoms with E-state index in [1.54, 1.807) is 0 Å². The number of likely N-dealkylation sites (tertiary alicyclic amines) is 1. The van der Waals surface area contributed by atoms with Gasteiger partial charge in [-0.3, -0.25) is 4.90 Å². The van der Waals surface area contributed by atoms with Gasteiger partial charge < -0.3 is 10.2 Å². The average Bonchev–Trinajstić information content (AvgIpc) is 2.91. The maximum atomic E-state index is 3.59. The fourth-order valence-electron chi connectivity index (χ4n) is 2.73. The molecule has 0 bridgehead atoms. The SMILES string of the molecule is CN(C)C1CCN(Cc2ccc(CNC3CC3)s2)C1. The molecular weight excluding hydrogens is 254 g/mol. The molecule has 1 aliphatic carbocycles. The van der Waals surface area contributed by atoms with Crippen molar-refractivity contribution in [3.05, 3.63) is 21.9 Å². The molecule has 1 unspecified atom stereocenters. The molecule has 2 heterocycles. The highest BCUT2D eigenvalue weighted by atomic mass is 32.1. The molecule has 3 nitrogen and oxygen atoms in total. The van der Waals surface area contributed by atoms with Gasteiger partial charge in [-0.25, -0.2) is 0 Å². The van der Waals surface area contributed by atoms with Gasteiger partial charge in [-0.05, 0) is 45.5 Å². The average molecular weight is 279 g/mol. The van der Waals surface area contributed by atoms with Crippen LogP contribution in [-0.2, 0) is 13.1 Å². The molecule has 106 valence electrons. The number of thiophene rings is 1. The van der Waals surface area contributed by atoms with Gasteiger partial charge in [0.25, 0.3) is 0 Å². The zero-order valence-electron chi connectivity index (χ0n) is 12.1. The summed E-state index contributed by atoms with van der Waals surface area (Å²) in [4.78, 5) is 7.96. The van der Waals surface area contributed by atoms with E-state index >= 15 is 0 Å². The Hall–Kier alpha value is -0.420. The minimum absolute atomic E-state index is 0.746. The van der Waals surface area contributed by atoms with Crippen molar-refractivity contribution in [1.82, 2.24) is 15.1 Å². The van der Waals surface area contributed by atoms with Crippen LogP contribution in [0.1, 0.15) is 29.0 Å². The van der Waals surface area contributed by atoms with Crippen LogP contribution in [0.2, 0.25) is 0 Å². The van der Waals surface area contributed by atoms with Crippen molar-refractivity contribution in [3.8, 4) is 0 Å². The molecule has 0 radical (unpaired) electrons. The Bertz CT molecular complexity index is 411. The first-order valence-electron chi connectivity index (χ1n) is 7.40. The van der Waals surface area contributed by atoms with Crippen molar-refractivity contribution >= 4 is 11.3 Å². The molecule has 4 heteroatoms. The van der Waals surface area contributed by atoms with Crippen LogP contribution >= 0.6 is 11.3 Å². The number of nitrogens with one attached hydrogen (secondary N) is 1. The molecule has 0 spiro atoms. The maximum Gasteiger partial charge on any atom is 0.0328 e. The van der Waals surface area contributed by atoms with E-state index in [0.717, 1.165) is 25.2 Å². The lowest BCUT2D eigenvalue weighted by Gasteiger charge is -2.19. The summed E-state index contributed by atoms with van der Waals surface area (Å²) in [6.45, 7) is 4.67. The maximum absolute atomic E-state index is 3.59. The summed E-state index contributed by atoms with van der Waals surface area (Å²) in [5.41, 5.74) is 0. The summed E-state index contributed by atoms with van der Waals surface area (Å²) < 4.78 is 0. The van der Waals surface area contributed by atoms with Gasteiger partial charge in [-0.2, -0.15) is 0 Å². The first kappa shape index (κ1) is 13.6. The van der Waals surface area contributed by atoms with E-state index in [-0.39, 0.29) is 0 Å². The molecule has 1 saturated heterocycles. The van der Waals surface area contributed by atoms with Gasteiger partial charge in [-0.1, -0.05) is 0 Å². The van der Waals surface area contributed by atoms with Gasteiger partial charge in [0.15, 0.2) is 0 Å². The van der Waals surface area contributed by atoms with Gasteiger partial charge in [-0.15, -0.1) is 11.3 Å². The summed E-state index contributed by atoms with van der Waals surface area (Å²) in [5.74, 6) is 0. The molecular formula is C15H25N3S. The predicted molar refractivity (Wildman–Crippen MR) is 81.5 cm³/mol. The minimum atomic E-state index is 0.746. The number of rotatable bonds is 6. The molecule has 1 aromatic rings. The summed E-state index contributed by atoms with van der Waals surface area (Å²) in [5, 5.41) is 3.59. The first-order chi connectivity index (χ1) is 9.20. The third-order valence-electron chi connectivity index (χ3n) is 4.22. The van der Waals surface area contributed by atoms with Crippen molar-refractivity contribution in [2.75, 3.05) is 27.2 Å². The lowest BCUT2D eigenvalue weighted by molar-refractivity contribution is 0.266. The summed E-state index contributed by atoms with van der Waals surface area (Å²) in [6.07, 6.45) is 4.06. The van der Waals surface area contributed by atoms with Crippen LogP contribution in [0.5, 0.6) is 0 Å². The fraction of sp³-hybridized carbons (Fsp3) is 0.733. The summed E-state index contributed by atoms with van der Waals surface area (Å²) >= 11 is 1.98. The van der Waals surface area contributed by atoms with Crippen LogP contribution in [-0.4, -0.2) is 49.1 Å². The molecule has 1 saturated carbocycles. The van der Waals surface area contributed by atoms with E-state index in [9.17, 15) is 0 Å². The number of hydrogen-bond donors (Lipinski definition) is 1. The van der Waals surface area contributed by atoms with Gasteiger partial charge in [0.1, 0.15) is 0 Å². The summed E-state index contributed by atoms with van der Waals surface area (Å²) in [6, 6.07) is 6.17. The Kier molecular flexibility index (Phi) is 4.22. The highest BCUT2D eigenvalue weighted by Gasteiger charge is 2.24. The van der Waals surface area contributed by atoms with Gasteiger partial charge in [0.05, 0.1) is 0 Å². The topological polar surface area (TPSA) is 18.5 Å². The second kappa shape index (κ2) is 5.92. The number of hydrogen-bond acceptors (Lipinski definition) is 4. The highest BCUT2D eigenvalue weighted by molar-refractivity contribution is 7.11. The van der Waals surface area contributed by atoms with Gasteiger partial charge >= 0.3 is 0 Å². The normalized spacial score (nSPS) is 24.5. The molecule has 1 aliphatic heterocycles. The fourth-order valence-corrected chi connectivity index (χ4v) is 3.74. The first-order valence-corrected chi connectivity index (χ1v) is 8.22. The third kappa shape index (κ3) is 3.78. The molecule has 0 amide bonds. The van der Waals surface area contributed by atoms with Crippen LogP contribution in [0, 0.1) is 0 Å². The van der Waals surface area contributed by atoms with Crippen molar-refractivity contribution < 1.29 is 0 Å². The zero-order chi connectivity index (χ0) is 13.2. The van der Waals surface area contributed by atoms with Crippen LogP contribution < -0.4 is 5.32 Å². The Labute approximate surface area is 120 Å². The van der Waals surface area contributed by atoms with Crippen molar-refractivity contribution in [2.45, 2.75) is 44.4 Å². The third-order valence-corrected chi connectivity index (χ3v) is 5.29. The summed E-state index contributed by atoms with van der Waals surface area (Å²) in [7, 11) is 4.39. The molecule has 0 aromatic carbocycles. The van der Waals surface area contributed by atoms with Crippen LogP contribution in [0.3, 0.4) is 0 Å². The second-order valence-corrected chi connectivity index (χ2v) is 7.42. The van der Waals surface area contributed by atoms with E-state index in [0.29, 0.717) is 0 Å². The van der Waals surface area contributed by atoms with Crippen LogP contribution in [0.15, 0.2) is 12.1 Å². The predicted octanol–water partition coefficient (Wildman–Crippen LogP) is 2.14. The lowest BCUT2D eigenvalue weighted by Crippen LogP contribution is -2.31. The molecule has 19 heavy (non-hydrogen) atoms. The molecule has 3 rings (SSSR count). The lowest BCUT2D eigenvalue weighted by atomic mass is 10.2. The second-order valence-electron chi connectivity index (χ2n) is 6.16. The van der Waals surface area contributed by atoms with E-state index in [2.05, 4.69) is 41.3 Å². The Morgan fingerprint density at radius 1 is 1.26 bits per heavy atom. The smallest absolute Gasteiger partial charge is 0.0328 e. The monoisotopic (exact) mass is 279 g/mol. The number of nitrogens with zero attached hydrogens (tertiary/aromatic N) is 2. The Morgan fingerprint density at radius 2 is 2.05 bits per heavy atom. The Morgan fingerprint density at radius 3 is 2.74 bits per heavy atom. The number of likely N-dealkylation sites (N-methyl/N-ethyl adjacent to an activating group) is 1. The van der Waals surface area contributed by atoms with E-state index in [1.165, 1.54) is 42.1 Å². The van der Waals surface area contributed by atoms with E-state index in [1.807, 2.05) is 11.3 Å². The van der Waals surface area contributed by atoms with Crippen molar-refractivity contribution in [1.29, 1.82) is 0 Å². The zero-order valence-corrected chi connectivity index (χ0v) is 12.9. The van der Waals surface area contributed by atoms with E-state index in [4.69, 9.17) is 0 Å². The molecule has 2 aliphatic rings. The van der Waals surface area contributed by atoms with Crippen LogP contribution in [0.4, 0.5) is 0 Å². The van der Waals surface area contributed by atoms with Crippen LogP contribution in [0.25, 0.3) is 0 Å². The largest absolute Gasteiger partial charge is 0.309 e. The van der Waals surface area contributed by atoms with Crippen molar-refractivity contribution in [2.24, 2.45) is 0 Å². The molecule has 2 fully saturated rings. The minimum Gasteiger partial charge on any atom is -0.309 e. The standard InChI is InChI=1S/C15H25N3S/c1-17(2)13-7-8-18(10-13)11-15-6-5-14(19-15)9-16-12-3-4-12/h5-6,12-13,16H,3-4,7-11H2,1-2H3. The van der Waals surface area contributed by atoms with Crippen molar-refractivity contribution in [3.63, 3.8) is 0 Å². The van der Waals surface area contributed by atoms with Gasteiger partial charge in [0, 0.05) is 48.0 Å². The Balaban J connectivity index is 1.47.